The molecule has 0 aromatic carbocycles. The van der Waals surface area contributed by atoms with Gasteiger partial charge >= 0.3 is 0 Å². The number of nitrogens with zero attached hydrogens (tertiary/aromatic N) is 1. The monoisotopic (exact) mass is 254 g/mol. The van der Waals surface area contributed by atoms with Crippen molar-refractivity contribution in [2.45, 2.75) is 77.1 Å². The smallest absolute Gasteiger partial charge is 0.0674 e. The molecule has 1 heterocycles. The largest absolute Gasteiger partial charge is 0.376 e. The summed E-state index contributed by atoms with van der Waals surface area (Å²) in [6.45, 7) is 8.72. The number of morpholine rings is 1. The minimum atomic E-state index is 0.363. The summed E-state index contributed by atoms with van der Waals surface area (Å²) in [5.74, 6) is 0.880. The van der Waals surface area contributed by atoms with Crippen molar-refractivity contribution >= 4 is 0 Å². The van der Waals surface area contributed by atoms with E-state index in [2.05, 4.69) is 25.7 Å². The van der Waals surface area contributed by atoms with E-state index >= 15 is 0 Å². The topological polar surface area (TPSA) is 38.5 Å². The van der Waals surface area contributed by atoms with Crippen LogP contribution < -0.4 is 5.73 Å². The number of nitrogens with two attached hydrogens (primary N) is 1. The van der Waals surface area contributed by atoms with Gasteiger partial charge in [0.15, 0.2) is 0 Å². The Morgan fingerprint density at radius 2 is 2.00 bits per heavy atom. The lowest BCUT2D eigenvalue weighted by molar-refractivity contribution is -0.0837. The minimum Gasteiger partial charge on any atom is -0.376 e. The molecule has 3 heteroatoms. The van der Waals surface area contributed by atoms with Crippen LogP contribution in [0.5, 0.6) is 0 Å². The molecular formula is C15H30N2O. The second-order valence-corrected chi connectivity index (χ2v) is 6.22. The van der Waals surface area contributed by atoms with Crippen LogP contribution in [-0.4, -0.2) is 42.3 Å². The molecule has 1 aliphatic carbocycles. The third kappa shape index (κ3) is 3.06. The summed E-state index contributed by atoms with van der Waals surface area (Å²) in [6, 6.07) is 1.53. The molecule has 1 aliphatic heterocycles. The zero-order valence-corrected chi connectivity index (χ0v) is 12.3. The zero-order valence-electron chi connectivity index (χ0n) is 12.3. The molecule has 3 nitrogen and oxygen atoms in total. The fourth-order valence-electron chi connectivity index (χ4n) is 3.64. The first-order valence-electron chi connectivity index (χ1n) is 7.78. The number of rotatable bonds is 3. The van der Waals surface area contributed by atoms with Gasteiger partial charge < -0.3 is 10.5 Å². The molecule has 1 saturated heterocycles. The van der Waals surface area contributed by atoms with Crippen LogP contribution in [0.2, 0.25) is 0 Å². The van der Waals surface area contributed by atoms with Crippen molar-refractivity contribution in [2.24, 2.45) is 11.7 Å². The maximum Gasteiger partial charge on any atom is 0.0674 e. The third-order valence-electron chi connectivity index (χ3n) is 4.96. The Balaban J connectivity index is 2.05. The molecule has 0 spiro atoms. The molecule has 2 fully saturated rings. The van der Waals surface area contributed by atoms with E-state index in [0.29, 0.717) is 24.2 Å². The summed E-state index contributed by atoms with van der Waals surface area (Å²) in [4.78, 5) is 2.67. The van der Waals surface area contributed by atoms with E-state index in [4.69, 9.17) is 10.5 Å². The first-order chi connectivity index (χ1) is 8.65. The average molecular weight is 254 g/mol. The Bertz CT molecular complexity index is 259. The highest BCUT2D eigenvalue weighted by Crippen LogP contribution is 2.32. The quantitative estimate of drug-likeness (QED) is 0.840. The molecule has 1 saturated carbocycles. The highest BCUT2D eigenvalue weighted by Gasteiger charge is 2.37. The molecule has 106 valence electrons. The van der Waals surface area contributed by atoms with Crippen LogP contribution in [0, 0.1) is 5.92 Å². The van der Waals surface area contributed by atoms with Crippen molar-refractivity contribution in [3.63, 3.8) is 0 Å². The van der Waals surface area contributed by atoms with Crippen molar-refractivity contribution in [1.82, 2.24) is 4.90 Å². The van der Waals surface area contributed by atoms with Crippen molar-refractivity contribution in [3.8, 4) is 0 Å². The number of hydrogen-bond donors (Lipinski definition) is 1. The Kier molecular flexibility index (Phi) is 5.05. The van der Waals surface area contributed by atoms with Gasteiger partial charge in [-0.15, -0.1) is 0 Å². The van der Waals surface area contributed by atoms with Gasteiger partial charge in [-0.1, -0.05) is 20.3 Å². The average Bonchev–Trinajstić information content (AvgIpc) is 2.39. The lowest BCUT2D eigenvalue weighted by Gasteiger charge is -2.48. The van der Waals surface area contributed by atoms with E-state index in [1.54, 1.807) is 0 Å². The van der Waals surface area contributed by atoms with Crippen molar-refractivity contribution in [1.29, 1.82) is 0 Å². The fourth-order valence-corrected chi connectivity index (χ4v) is 3.64. The molecule has 0 bridgehead atoms. The maximum atomic E-state index is 6.41. The second-order valence-electron chi connectivity index (χ2n) is 6.22. The van der Waals surface area contributed by atoms with Crippen molar-refractivity contribution in [3.05, 3.63) is 0 Å². The van der Waals surface area contributed by atoms with Gasteiger partial charge in [0.25, 0.3) is 0 Å². The number of hydrogen-bond acceptors (Lipinski definition) is 3. The zero-order chi connectivity index (χ0) is 13.1. The molecule has 0 radical (unpaired) electrons. The van der Waals surface area contributed by atoms with E-state index in [1.807, 2.05) is 0 Å². The fraction of sp³-hybridized carbons (Fsp3) is 1.00. The van der Waals surface area contributed by atoms with Gasteiger partial charge in [-0.2, -0.15) is 0 Å². The van der Waals surface area contributed by atoms with Crippen molar-refractivity contribution in [2.75, 3.05) is 13.2 Å². The molecule has 5 atom stereocenters. The van der Waals surface area contributed by atoms with Gasteiger partial charge in [0.1, 0.15) is 0 Å². The van der Waals surface area contributed by atoms with Crippen LogP contribution >= 0.6 is 0 Å². The lowest BCUT2D eigenvalue weighted by Crippen LogP contribution is -2.59. The van der Waals surface area contributed by atoms with Crippen LogP contribution in [0.15, 0.2) is 0 Å². The van der Waals surface area contributed by atoms with Gasteiger partial charge in [0.05, 0.1) is 12.7 Å². The molecule has 0 aromatic heterocycles. The minimum absolute atomic E-state index is 0.363. The molecule has 2 rings (SSSR count). The van der Waals surface area contributed by atoms with Crippen LogP contribution in [0.4, 0.5) is 0 Å². The van der Waals surface area contributed by atoms with Crippen molar-refractivity contribution < 1.29 is 4.74 Å². The Labute approximate surface area is 112 Å². The molecule has 5 unspecified atom stereocenters. The summed E-state index contributed by atoms with van der Waals surface area (Å²) in [7, 11) is 0. The highest BCUT2D eigenvalue weighted by atomic mass is 16.5. The first-order valence-corrected chi connectivity index (χ1v) is 7.78. The second kappa shape index (κ2) is 6.36. The van der Waals surface area contributed by atoms with Crippen LogP contribution in [0.1, 0.15) is 52.9 Å². The van der Waals surface area contributed by atoms with E-state index in [-0.39, 0.29) is 0 Å². The maximum absolute atomic E-state index is 6.41. The summed E-state index contributed by atoms with van der Waals surface area (Å²) >= 11 is 0. The molecular weight excluding hydrogens is 224 g/mol. The third-order valence-corrected chi connectivity index (χ3v) is 4.96. The molecule has 2 aliphatic rings. The van der Waals surface area contributed by atoms with Crippen LogP contribution in [0.3, 0.4) is 0 Å². The summed E-state index contributed by atoms with van der Waals surface area (Å²) < 4.78 is 5.81. The molecule has 0 aromatic rings. The predicted molar refractivity (Wildman–Crippen MR) is 75.6 cm³/mol. The lowest BCUT2D eigenvalue weighted by atomic mass is 9.80. The highest BCUT2D eigenvalue weighted by molar-refractivity contribution is 4.93. The first kappa shape index (κ1) is 14.3. The summed E-state index contributed by atoms with van der Waals surface area (Å²) in [5.41, 5.74) is 6.41. The molecule has 0 amide bonds. The van der Waals surface area contributed by atoms with Gasteiger partial charge in [-0.3, -0.25) is 4.90 Å². The van der Waals surface area contributed by atoms with E-state index in [0.717, 1.165) is 19.1 Å². The Morgan fingerprint density at radius 3 is 2.67 bits per heavy atom. The normalized spacial score (nSPS) is 43.0. The summed E-state index contributed by atoms with van der Waals surface area (Å²) in [6.07, 6.45) is 6.66. The van der Waals surface area contributed by atoms with E-state index in [1.165, 1.54) is 32.1 Å². The van der Waals surface area contributed by atoms with Gasteiger partial charge in [-0.25, -0.2) is 0 Å². The standard InChI is InChI=1S/C15H30N2O/c1-4-12-6-7-14(16)15(8-12)17-9-11(3)18-10-13(17)5-2/h11-15H,4-10,16H2,1-3H3. The predicted octanol–water partition coefficient (Wildman–Crippen LogP) is 2.39. The molecule has 18 heavy (non-hydrogen) atoms. The molecule has 2 N–H and O–H groups in total. The van der Waals surface area contributed by atoms with Gasteiger partial charge in [0, 0.05) is 24.7 Å². The van der Waals surface area contributed by atoms with E-state index in [9.17, 15) is 0 Å². The Hall–Kier alpha value is -0.120. The van der Waals surface area contributed by atoms with Gasteiger partial charge in [0.2, 0.25) is 0 Å². The van der Waals surface area contributed by atoms with Crippen LogP contribution in [-0.2, 0) is 4.74 Å². The Morgan fingerprint density at radius 1 is 1.22 bits per heavy atom. The number of ether oxygens (including phenoxy) is 1. The van der Waals surface area contributed by atoms with Gasteiger partial charge in [-0.05, 0) is 38.5 Å². The van der Waals surface area contributed by atoms with E-state index < -0.39 is 0 Å². The van der Waals surface area contributed by atoms with Crippen LogP contribution in [0.25, 0.3) is 0 Å². The summed E-state index contributed by atoms with van der Waals surface area (Å²) in [5, 5.41) is 0. The SMILES string of the molecule is CCC1CCC(N)C(N2CC(C)OCC2CC)C1.